The summed E-state index contributed by atoms with van der Waals surface area (Å²) in [4.78, 5) is 11.4. The molecule has 0 aliphatic carbocycles. The second-order valence-electron chi connectivity index (χ2n) is 4.24. The Labute approximate surface area is 111 Å². The van der Waals surface area contributed by atoms with Crippen molar-refractivity contribution in [3.05, 3.63) is 59.5 Å². The van der Waals surface area contributed by atoms with E-state index in [-0.39, 0.29) is 5.76 Å². The first kappa shape index (κ1) is 13.4. The fourth-order valence-electron chi connectivity index (χ4n) is 2.00. The Morgan fingerprint density at radius 1 is 1.26 bits per heavy atom. The van der Waals surface area contributed by atoms with Crippen LogP contribution in [0.5, 0.6) is 0 Å². The van der Waals surface area contributed by atoms with Crippen LogP contribution in [0.15, 0.2) is 46.9 Å². The van der Waals surface area contributed by atoms with E-state index in [4.69, 9.17) is 4.42 Å². The van der Waals surface area contributed by atoms with Crippen molar-refractivity contribution in [2.75, 3.05) is 7.11 Å². The summed E-state index contributed by atoms with van der Waals surface area (Å²) in [6, 6.07) is 12.3. The van der Waals surface area contributed by atoms with Crippen molar-refractivity contribution >= 4 is 5.97 Å². The summed E-state index contributed by atoms with van der Waals surface area (Å²) in [7, 11) is 1.29. The van der Waals surface area contributed by atoms with Crippen LogP contribution in [0.1, 0.15) is 35.2 Å². The molecule has 4 heteroatoms. The topological polar surface area (TPSA) is 59.7 Å². The number of aliphatic hydroxyl groups is 1. The van der Waals surface area contributed by atoms with E-state index in [1.165, 1.54) is 13.2 Å². The number of carbonyl (C=O) groups excluding carboxylic acids is 1. The van der Waals surface area contributed by atoms with Crippen molar-refractivity contribution in [2.24, 2.45) is 0 Å². The highest BCUT2D eigenvalue weighted by atomic mass is 16.5. The number of hydrogen-bond donors (Lipinski definition) is 1. The average molecular weight is 260 g/mol. The van der Waals surface area contributed by atoms with Gasteiger partial charge in [0.15, 0.2) is 0 Å². The number of hydrogen-bond acceptors (Lipinski definition) is 4. The van der Waals surface area contributed by atoms with Gasteiger partial charge in [-0.25, -0.2) is 4.79 Å². The van der Waals surface area contributed by atoms with Gasteiger partial charge in [0.25, 0.3) is 0 Å². The van der Waals surface area contributed by atoms with Gasteiger partial charge in [-0.3, -0.25) is 0 Å². The van der Waals surface area contributed by atoms with E-state index < -0.39 is 11.6 Å². The average Bonchev–Trinajstić information content (AvgIpc) is 2.97. The SMILES string of the molecule is CCC(O)(c1ccccc1)c1ccc(C(=O)OC)o1. The minimum Gasteiger partial charge on any atom is -0.463 e. The first-order valence-corrected chi connectivity index (χ1v) is 6.08. The lowest BCUT2D eigenvalue weighted by molar-refractivity contribution is 0.0443. The Bertz CT molecular complexity index is 559. The zero-order valence-corrected chi connectivity index (χ0v) is 10.9. The molecule has 0 aliphatic heterocycles. The van der Waals surface area contributed by atoms with E-state index in [1.807, 2.05) is 37.3 Å². The van der Waals surface area contributed by atoms with Crippen LogP contribution in [0.4, 0.5) is 0 Å². The maximum atomic E-state index is 11.4. The second kappa shape index (κ2) is 5.28. The highest BCUT2D eigenvalue weighted by Crippen LogP contribution is 2.33. The van der Waals surface area contributed by atoms with Crippen LogP contribution in [-0.4, -0.2) is 18.2 Å². The Morgan fingerprint density at radius 2 is 1.95 bits per heavy atom. The largest absolute Gasteiger partial charge is 0.463 e. The zero-order chi connectivity index (χ0) is 13.9. The minimum atomic E-state index is -1.24. The molecule has 0 saturated carbocycles. The molecule has 2 rings (SSSR count). The van der Waals surface area contributed by atoms with Gasteiger partial charge in [-0.1, -0.05) is 37.3 Å². The Morgan fingerprint density at radius 3 is 2.53 bits per heavy atom. The van der Waals surface area contributed by atoms with Crippen LogP contribution in [0.3, 0.4) is 0 Å². The van der Waals surface area contributed by atoms with E-state index >= 15 is 0 Å². The van der Waals surface area contributed by atoms with Crippen LogP contribution in [0.25, 0.3) is 0 Å². The smallest absolute Gasteiger partial charge is 0.373 e. The first-order valence-electron chi connectivity index (χ1n) is 6.08. The number of methoxy groups -OCH3 is 1. The molecule has 100 valence electrons. The molecule has 1 N–H and O–H groups in total. The van der Waals surface area contributed by atoms with Crippen molar-refractivity contribution < 1.29 is 19.1 Å². The number of benzene rings is 1. The molecule has 1 unspecified atom stereocenters. The lowest BCUT2D eigenvalue weighted by Crippen LogP contribution is -2.25. The van der Waals surface area contributed by atoms with Gasteiger partial charge in [-0.05, 0) is 24.1 Å². The highest BCUT2D eigenvalue weighted by molar-refractivity contribution is 5.86. The predicted octanol–water partition coefficient (Wildman–Crippen LogP) is 2.71. The van der Waals surface area contributed by atoms with E-state index in [2.05, 4.69) is 4.74 Å². The highest BCUT2D eigenvalue weighted by Gasteiger charge is 2.33. The summed E-state index contributed by atoms with van der Waals surface area (Å²) in [6.07, 6.45) is 0.436. The molecule has 1 heterocycles. The first-order chi connectivity index (χ1) is 9.11. The van der Waals surface area contributed by atoms with Gasteiger partial charge in [-0.2, -0.15) is 0 Å². The fraction of sp³-hybridized carbons (Fsp3) is 0.267. The Hall–Kier alpha value is -2.07. The third-order valence-corrected chi connectivity index (χ3v) is 3.16. The van der Waals surface area contributed by atoms with E-state index in [1.54, 1.807) is 6.07 Å². The number of furan rings is 1. The van der Waals surface area contributed by atoms with Crippen molar-refractivity contribution in [3.63, 3.8) is 0 Å². The monoisotopic (exact) mass is 260 g/mol. The van der Waals surface area contributed by atoms with Crippen LogP contribution in [0, 0.1) is 0 Å². The second-order valence-corrected chi connectivity index (χ2v) is 4.24. The summed E-state index contributed by atoms with van der Waals surface area (Å²) >= 11 is 0. The molecule has 19 heavy (non-hydrogen) atoms. The van der Waals surface area contributed by atoms with Crippen molar-refractivity contribution in [1.82, 2.24) is 0 Å². The minimum absolute atomic E-state index is 0.0836. The normalized spacial score (nSPS) is 13.8. The molecule has 0 amide bonds. The third kappa shape index (κ3) is 2.39. The van der Waals surface area contributed by atoms with Crippen LogP contribution in [0.2, 0.25) is 0 Å². The molecule has 0 bridgehead atoms. The maximum absolute atomic E-state index is 11.4. The quantitative estimate of drug-likeness (QED) is 0.859. The molecule has 0 aliphatic rings. The van der Waals surface area contributed by atoms with Crippen LogP contribution >= 0.6 is 0 Å². The van der Waals surface area contributed by atoms with Crippen molar-refractivity contribution in [2.45, 2.75) is 18.9 Å². The molecule has 0 fully saturated rings. The molecule has 0 spiro atoms. The Balaban J connectivity index is 2.42. The molecule has 0 saturated heterocycles. The molecule has 1 aromatic heterocycles. The van der Waals surface area contributed by atoms with Gasteiger partial charge < -0.3 is 14.3 Å². The molecule has 1 atom stereocenters. The van der Waals surface area contributed by atoms with Crippen LogP contribution < -0.4 is 0 Å². The lowest BCUT2D eigenvalue weighted by atomic mass is 9.89. The fourth-order valence-corrected chi connectivity index (χ4v) is 2.00. The van der Waals surface area contributed by atoms with Gasteiger partial charge in [0.1, 0.15) is 11.4 Å². The number of rotatable bonds is 4. The summed E-state index contributed by atoms with van der Waals surface area (Å²) in [5.41, 5.74) is -0.517. The van der Waals surface area contributed by atoms with Crippen LogP contribution in [-0.2, 0) is 10.3 Å². The number of esters is 1. The van der Waals surface area contributed by atoms with E-state index in [0.29, 0.717) is 12.2 Å². The third-order valence-electron chi connectivity index (χ3n) is 3.16. The van der Waals surface area contributed by atoms with Gasteiger partial charge in [0.2, 0.25) is 5.76 Å². The van der Waals surface area contributed by atoms with E-state index in [0.717, 1.165) is 5.56 Å². The molecular weight excluding hydrogens is 244 g/mol. The van der Waals surface area contributed by atoms with Crippen molar-refractivity contribution in [1.29, 1.82) is 0 Å². The summed E-state index contributed by atoms with van der Waals surface area (Å²) in [5.74, 6) is -0.139. The lowest BCUT2D eigenvalue weighted by Gasteiger charge is -2.24. The standard InChI is InChI=1S/C15H16O4/c1-3-15(17,11-7-5-4-6-8-11)13-10-9-12(19-13)14(16)18-2/h4-10,17H,3H2,1-2H3. The van der Waals surface area contributed by atoms with Crippen molar-refractivity contribution in [3.8, 4) is 0 Å². The molecule has 2 aromatic rings. The number of ether oxygens (including phenoxy) is 1. The predicted molar refractivity (Wildman–Crippen MR) is 69.8 cm³/mol. The van der Waals surface area contributed by atoms with Gasteiger partial charge >= 0.3 is 5.97 Å². The van der Waals surface area contributed by atoms with Gasteiger partial charge in [0, 0.05) is 0 Å². The van der Waals surface area contributed by atoms with Gasteiger partial charge in [-0.15, -0.1) is 0 Å². The molecule has 0 radical (unpaired) electrons. The van der Waals surface area contributed by atoms with E-state index in [9.17, 15) is 9.90 Å². The number of carbonyl (C=O) groups is 1. The zero-order valence-electron chi connectivity index (χ0n) is 10.9. The van der Waals surface area contributed by atoms with Gasteiger partial charge in [0.05, 0.1) is 7.11 Å². The summed E-state index contributed by atoms with van der Waals surface area (Å²) in [6.45, 7) is 1.85. The summed E-state index contributed by atoms with van der Waals surface area (Å²) in [5, 5.41) is 10.8. The molecule has 4 nitrogen and oxygen atoms in total. The molecule has 1 aromatic carbocycles. The maximum Gasteiger partial charge on any atom is 0.373 e. The molecular formula is C15H16O4. The summed E-state index contributed by atoms with van der Waals surface area (Å²) < 4.78 is 10.0. The Kier molecular flexibility index (Phi) is 3.71.